The van der Waals surface area contributed by atoms with Gasteiger partial charge in [-0.3, -0.25) is 0 Å². The zero-order valence-electron chi connectivity index (χ0n) is 25.0. The van der Waals surface area contributed by atoms with E-state index in [1.807, 2.05) is 0 Å². The number of hydrogen-bond acceptors (Lipinski definition) is 6. The summed E-state index contributed by atoms with van der Waals surface area (Å²) < 4.78 is 0. The molecule has 9 aliphatic rings. The maximum atomic E-state index is 10.00. The topological polar surface area (TPSA) is 143 Å². The predicted octanol–water partition coefficient (Wildman–Crippen LogP) is 7.55. The van der Waals surface area contributed by atoms with Gasteiger partial charge in [0.15, 0.2) is 0 Å². The van der Waals surface area contributed by atoms with Crippen LogP contribution in [0.2, 0.25) is 0 Å². The van der Waals surface area contributed by atoms with Gasteiger partial charge in [-0.2, -0.15) is 31.6 Å². The van der Waals surface area contributed by atoms with Gasteiger partial charge in [-0.1, -0.05) is 33.4 Å². The Labute approximate surface area is 263 Å². The minimum Gasteiger partial charge on any atom is -0.198 e. The average Bonchev–Trinajstić information content (AvgIpc) is 3.93. The zero-order valence-corrected chi connectivity index (χ0v) is 25.0. The van der Waals surface area contributed by atoms with E-state index in [2.05, 4.69) is 36.4 Å². The molecular formula is C39H30N6. The van der Waals surface area contributed by atoms with Crippen LogP contribution in [0, 0.1) is 103 Å². The molecule has 1 aromatic carbocycles. The summed E-state index contributed by atoms with van der Waals surface area (Å²) in [7, 11) is 0. The number of nitriles is 6. The summed E-state index contributed by atoms with van der Waals surface area (Å²) in [5.74, 6) is 0.407. The minimum atomic E-state index is -0.246. The first-order chi connectivity index (χ1) is 22.0. The molecule has 9 aliphatic carbocycles. The van der Waals surface area contributed by atoms with Crippen molar-refractivity contribution in [3.63, 3.8) is 0 Å². The second-order valence-corrected chi connectivity index (χ2v) is 15.3. The quantitative estimate of drug-likeness (QED) is 0.289. The van der Waals surface area contributed by atoms with Gasteiger partial charge in [0, 0.05) is 35.5 Å². The van der Waals surface area contributed by atoms with Crippen LogP contribution in [0.3, 0.4) is 0 Å². The molecule has 0 aliphatic heterocycles. The molecule has 1 aromatic rings. The van der Waals surface area contributed by atoms with E-state index in [9.17, 15) is 31.6 Å². The van der Waals surface area contributed by atoms with E-state index in [1.54, 1.807) is 0 Å². The van der Waals surface area contributed by atoms with Crippen LogP contribution in [0.5, 0.6) is 0 Å². The van der Waals surface area contributed by atoms with Crippen LogP contribution in [0.4, 0.5) is 0 Å². The fraction of sp³-hybridized carbons (Fsp3) is 0.538. The molecule has 0 fully saturated rings. The van der Waals surface area contributed by atoms with Crippen LogP contribution >= 0.6 is 0 Å². The van der Waals surface area contributed by atoms with E-state index < -0.39 is 0 Å². The molecule has 0 spiro atoms. The molecular weight excluding hydrogens is 552 g/mol. The molecule has 0 saturated heterocycles. The van der Waals surface area contributed by atoms with E-state index in [0.29, 0.717) is 74.0 Å². The average molecular weight is 583 g/mol. The lowest BCUT2D eigenvalue weighted by atomic mass is 9.62. The van der Waals surface area contributed by atoms with Crippen molar-refractivity contribution < 1.29 is 0 Å². The molecule has 216 valence electrons. The lowest BCUT2D eigenvalue weighted by Crippen LogP contribution is -2.28. The summed E-state index contributed by atoms with van der Waals surface area (Å²) in [6.07, 6.45) is 7.42. The Balaban J connectivity index is 1.19. The highest BCUT2D eigenvalue weighted by atomic mass is 14.6. The number of hydrogen-bond donors (Lipinski definition) is 0. The summed E-state index contributed by atoms with van der Waals surface area (Å²) in [5.41, 5.74) is 17.8. The van der Waals surface area contributed by atoms with Crippen molar-refractivity contribution in [3.05, 3.63) is 66.8 Å². The molecule has 10 rings (SSSR count). The summed E-state index contributed by atoms with van der Waals surface area (Å²) in [6.45, 7) is 0. The molecule has 0 N–H and O–H groups in total. The summed E-state index contributed by atoms with van der Waals surface area (Å²) in [4.78, 5) is 0. The van der Waals surface area contributed by atoms with Crippen LogP contribution < -0.4 is 0 Å². The predicted molar refractivity (Wildman–Crippen MR) is 160 cm³/mol. The molecule has 0 heterocycles. The Morgan fingerprint density at radius 1 is 0.289 bits per heavy atom. The number of rotatable bonds is 0. The maximum Gasteiger partial charge on any atom is 0.0673 e. The first kappa shape index (κ1) is 25.7. The van der Waals surface area contributed by atoms with Gasteiger partial charge in [0.2, 0.25) is 0 Å². The Kier molecular flexibility index (Phi) is 4.88. The van der Waals surface area contributed by atoms with Crippen molar-refractivity contribution in [2.24, 2.45) is 35.5 Å². The minimum absolute atomic E-state index is 0.246. The fourth-order valence-electron chi connectivity index (χ4n) is 12.5. The number of fused-ring (bicyclic) bond motifs is 24. The third-order valence-electron chi connectivity index (χ3n) is 14.1. The Bertz CT molecular complexity index is 1660. The van der Waals surface area contributed by atoms with Gasteiger partial charge in [-0.15, -0.1) is 0 Å². The Morgan fingerprint density at radius 3 is 0.578 bits per heavy atom. The molecule has 12 atom stereocenters. The molecule has 6 heteroatoms. The lowest BCUT2D eigenvalue weighted by Gasteiger charge is -2.40. The fourth-order valence-corrected chi connectivity index (χ4v) is 12.5. The Hall–Kier alpha value is -4.62. The van der Waals surface area contributed by atoms with Crippen molar-refractivity contribution >= 4 is 0 Å². The molecule has 0 radical (unpaired) electrons. The van der Waals surface area contributed by atoms with Gasteiger partial charge >= 0.3 is 0 Å². The number of benzene rings is 1. The van der Waals surface area contributed by atoms with Crippen molar-refractivity contribution in [2.45, 2.75) is 93.3 Å². The van der Waals surface area contributed by atoms with E-state index in [0.717, 1.165) is 19.3 Å². The van der Waals surface area contributed by atoms with E-state index in [1.165, 1.54) is 66.8 Å². The van der Waals surface area contributed by atoms with Gasteiger partial charge in [0.05, 0.1) is 71.9 Å². The normalized spacial score (nSPS) is 41.5. The summed E-state index contributed by atoms with van der Waals surface area (Å²) >= 11 is 0. The van der Waals surface area contributed by atoms with E-state index in [4.69, 9.17) is 0 Å². The van der Waals surface area contributed by atoms with E-state index in [-0.39, 0.29) is 35.5 Å². The smallest absolute Gasteiger partial charge is 0.0673 e. The highest BCUT2D eigenvalue weighted by Crippen LogP contribution is 2.74. The largest absolute Gasteiger partial charge is 0.198 e. The Morgan fingerprint density at radius 2 is 0.444 bits per heavy atom. The van der Waals surface area contributed by atoms with Crippen LogP contribution in [0.15, 0.2) is 33.4 Å². The number of allylic oxidation sites excluding steroid dienone is 6. The molecule has 6 bridgehead atoms. The first-order valence-corrected chi connectivity index (χ1v) is 16.8. The van der Waals surface area contributed by atoms with Gasteiger partial charge in [-0.25, -0.2) is 0 Å². The summed E-state index contributed by atoms with van der Waals surface area (Å²) in [6, 6.07) is 14.8. The highest BCUT2D eigenvalue weighted by Gasteiger charge is 2.60. The molecule has 6 unspecified atom stereocenters. The highest BCUT2D eigenvalue weighted by molar-refractivity contribution is 5.76. The SMILES string of the molecule is N#CC1CC2=C(CC1C#N)[C@@H]1C[C@H]2c2c1c1c(c3c2[C@H]2C[C@@H]3C3=C2CC(C#N)C(C#N)C3)[C@H]2C[C@@H]1C1=C2CC(C#N)C(C#N)C1. The monoisotopic (exact) mass is 582 g/mol. The zero-order chi connectivity index (χ0) is 30.5. The lowest BCUT2D eigenvalue weighted by molar-refractivity contribution is 0.440. The molecule has 0 aromatic heterocycles. The molecule has 6 nitrogen and oxygen atoms in total. The molecule has 0 saturated carbocycles. The first-order valence-electron chi connectivity index (χ1n) is 16.8. The van der Waals surface area contributed by atoms with Gasteiger partial charge in [-0.05, 0) is 91.2 Å². The number of nitrogens with zero attached hydrogens (tertiary/aromatic N) is 6. The van der Waals surface area contributed by atoms with Crippen LogP contribution in [0.25, 0.3) is 0 Å². The molecule has 45 heavy (non-hydrogen) atoms. The van der Waals surface area contributed by atoms with Gasteiger partial charge in [0.1, 0.15) is 0 Å². The second kappa shape index (κ2) is 8.55. The third-order valence-corrected chi connectivity index (χ3v) is 14.1. The van der Waals surface area contributed by atoms with Gasteiger partial charge < -0.3 is 0 Å². The van der Waals surface area contributed by atoms with Crippen LogP contribution in [-0.2, 0) is 0 Å². The third kappa shape index (κ3) is 2.83. The van der Waals surface area contributed by atoms with Crippen LogP contribution in [0.1, 0.15) is 127 Å². The van der Waals surface area contributed by atoms with Crippen molar-refractivity contribution in [2.75, 3.05) is 0 Å². The van der Waals surface area contributed by atoms with E-state index >= 15 is 0 Å². The summed E-state index contributed by atoms with van der Waals surface area (Å²) in [5, 5.41) is 60.0. The second-order valence-electron chi connectivity index (χ2n) is 15.3. The van der Waals surface area contributed by atoms with Crippen molar-refractivity contribution in [1.29, 1.82) is 31.6 Å². The standard InChI is InChI=1S/C39H30N6/c40-10-16-1-22-23(2-17(16)11-41)29-7-28(22)34-35(29)37-31-9-33(27-6-21(15-45)20(14-44)5-26(27)31)39(37)38-32-8-30(36(34)38)24-3-18(12-42)19(13-43)4-25(24)32/h16-21,28-33H,1-9H2/t16?,17?,18?,19?,20?,21?,28-,29+,30+,31-,32-,33+. The van der Waals surface area contributed by atoms with Crippen LogP contribution in [-0.4, -0.2) is 0 Å². The van der Waals surface area contributed by atoms with Crippen molar-refractivity contribution in [1.82, 2.24) is 0 Å². The molecule has 0 amide bonds. The van der Waals surface area contributed by atoms with Gasteiger partial charge in [0.25, 0.3) is 0 Å². The van der Waals surface area contributed by atoms with Crippen molar-refractivity contribution in [3.8, 4) is 36.4 Å². The maximum absolute atomic E-state index is 10.00.